The second-order valence-electron chi connectivity index (χ2n) is 11.2. The number of nitrogens with zero attached hydrogens (tertiary/aromatic N) is 2. The lowest BCUT2D eigenvalue weighted by Gasteiger charge is -2.08. The van der Waals surface area contributed by atoms with Gasteiger partial charge in [0, 0.05) is 22.9 Å². The van der Waals surface area contributed by atoms with Gasteiger partial charge >= 0.3 is 0 Å². The van der Waals surface area contributed by atoms with Gasteiger partial charge in [0.2, 0.25) is 0 Å². The number of unbranched alkanes of at least 4 members (excludes halogenated alkanes) is 3. The number of hydroxylamine groups is 1. The van der Waals surface area contributed by atoms with E-state index >= 15 is 0 Å². The largest absolute Gasteiger partial charge is 0.494 e. The van der Waals surface area contributed by atoms with Gasteiger partial charge in [-0.3, -0.25) is 30.0 Å². The fraction of sp³-hybridized carbons (Fsp3) is 0.205. The predicted octanol–water partition coefficient (Wildman–Crippen LogP) is 5.90. The molecular formula is C39H40N4O7. The highest BCUT2D eigenvalue weighted by Gasteiger charge is 2.08. The zero-order valence-corrected chi connectivity index (χ0v) is 27.6. The highest BCUT2D eigenvalue weighted by atomic mass is 16.5. The van der Waals surface area contributed by atoms with Crippen molar-refractivity contribution in [1.82, 2.24) is 10.9 Å². The SMILES string of the molecule is C=C(N/N=C/c1ccc(OCCCCCCOc2ccc(C=NCC(=O)c3ccc(C(=O)NO)cc3)cc2)cc1)c1ccc(C(=O)CO)cc1. The Morgan fingerprint density at radius 3 is 1.64 bits per heavy atom. The van der Waals surface area contributed by atoms with Crippen LogP contribution in [0.3, 0.4) is 0 Å². The highest BCUT2D eigenvalue weighted by molar-refractivity contribution is 6.00. The Bertz CT molecular complexity index is 1630. The number of ketones is 2. The number of aliphatic imine (C=N–C) groups is 1. The lowest BCUT2D eigenvalue weighted by Crippen LogP contribution is -2.18. The predicted molar refractivity (Wildman–Crippen MR) is 192 cm³/mol. The minimum absolute atomic E-state index is 0.0239. The summed E-state index contributed by atoms with van der Waals surface area (Å²) in [7, 11) is 0. The molecule has 11 heteroatoms. The maximum absolute atomic E-state index is 12.3. The van der Waals surface area contributed by atoms with Crippen LogP contribution in [0.5, 0.6) is 11.5 Å². The van der Waals surface area contributed by atoms with Gasteiger partial charge in [-0.05, 0) is 103 Å². The zero-order valence-electron chi connectivity index (χ0n) is 27.6. The van der Waals surface area contributed by atoms with E-state index in [-0.39, 0.29) is 23.7 Å². The monoisotopic (exact) mass is 676 g/mol. The second-order valence-corrected chi connectivity index (χ2v) is 11.2. The van der Waals surface area contributed by atoms with Crippen LogP contribution in [-0.4, -0.2) is 66.6 Å². The molecule has 0 radical (unpaired) electrons. The van der Waals surface area contributed by atoms with Gasteiger partial charge in [0.05, 0.1) is 25.1 Å². The van der Waals surface area contributed by atoms with Gasteiger partial charge < -0.3 is 14.6 Å². The fourth-order valence-electron chi connectivity index (χ4n) is 4.63. The maximum Gasteiger partial charge on any atom is 0.274 e. The van der Waals surface area contributed by atoms with Crippen LogP contribution in [0.1, 0.15) is 73.4 Å². The molecule has 0 fully saturated rings. The van der Waals surface area contributed by atoms with Crippen molar-refractivity contribution in [2.75, 3.05) is 26.4 Å². The third-order valence-electron chi connectivity index (χ3n) is 7.49. The first-order valence-electron chi connectivity index (χ1n) is 16.1. The molecule has 0 heterocycles. The number of carbonyl (C=O) groups excluding carboxylic acids is 3. The van der Waals surface area contributed by atoms with Crippen molar-refractivity contribution in [2.24, 2.45) is 10.1 Å². The maximum atomic E-state index is 12.3. The Morgan fingerprint density at radius 2 is 1.12 bits per heavy atom. The number of rotatable bonds is 20. The summed E-state index contributed by atoms with van der Waals surface area (Å²) in [4.78, 5) is 39.5. The number of hydrazone groups is 1. The third kappa shape index (κ3) is 12.0. The van der Waals surface area contributed by atoms with E-state index in [4.69, 9.17) is 19.8 Å². The number of Topliss-reactive ketones (excluding diaryl/α,β-unsaturated/α-hetero) is 2. The molecule has 0 unspecified atom stereocenters. The average molecular weight is 677 g/mol. The standard InChI is InChI=1S/C39H40N4O7/c1-28(31-10-12-33(13-11-31)38(46)27-44)42-41-25-30-8-20-36(21-9-30)50-23-5-3-2-4-22-49-35-18-6-29(7-19-35)24-40-26-37(45)32-14-16-34(17-15-32)39(47)43-48/h6-21,24-25,42,44,48H,1-5,22-23,26-27H2,(H,43,47)/b40-24?,41-25+. The van der Waals surface area contributed by atoms with Crippen LogP contribution in [0.25, 0.3) is 5.70 Å². The number of aliphatic hydroxyl groups excluding tert-OH is 1. The summed E-state index contributed by atoms with van der Waals surface area (Å²) in [5.74, 6) is 0.410. The van der Waals surface area contributed by atoms with Gasteiger partial charge in [-0.1, -0.05) is 43.0 Å². The molecular weight excluding hydrogens is 636 g/mol. The van der Waals surface area contributed by atoms with E-state index in [0.717, 1.165) is 53.9 Å². The molecule has 0 aliphatic rings. The van der Waals surface area contributed by atoms with Crippen LogP contribution >= 0.6 is 0 Å². The van der Waals surface area contributed by atoms with Crippen molar-refractivity contribution in [3.05, 3.63) is 137 Å². The van der Waals surface area contributed by atoms with Gasteiger partial charge in [-0.25, -0.2) is 5.48 Å². The lowest BCUT2D eigenvalue weighted by atomic mass is 10.1. The van der Waals surface area contributed by atoms with E-state index in [9.17, 15) is 14.4 Å². The van der Waals surface area contributed by atoms with E-state index in [2.05, 4.69) is 22.1 Å². The molecule has 0 bridgehead atoms. The van der Waals surface area contributed by atoms with Crippen molar-refractivity contribution >= 4 is 35.6 Å². The number of amides is 1. The van der Waals surface area contributed by atoms with Gasteiger partial charge in [-0.2, -0.15) is 5.10 Å². The van der Waals surface area contributed by atoms with Crippen LogP contribution in [-0.2, 0) is 0 Å². The second kappa shape index (κ2) is 19.8. The number of nitrogens with one attached hydrogen (secondary N) is 2. The number of hydrogen-bond acceptors (Lipinski definition) is 10. The Labute approximate surface area is 291 Å². The topological polar surface area (TPSA) is 159 Å². The van der Waals surface area contributed by atoms with E-state index in [1.807, 2.05) is 48.5 Å². The summed E-state index contributed by atoms with van der Waals surface area (Å²) < 4.78 is 11.7. The number of hydrogen-bond donors (Lipinski definition) is 4. The first kappa shape index (κ1) is 36.9. The quantitative estimate of drug-likeness (QED) is 0.0296. The Balaban J connectivity index is 1.04. The Morgan fingerprint density at radius 1 is 0.640 bits per heavy atom. The molecule has 258 valence electrons. The van der Waals surface area contributed by atoms with Crippen LogP contribution in [0.15, 0.2) is 114 Å². The normalized spacial score (nSPS) is 11.0. The van der Waals surface area contributed by atoms with Crippen LogP contribution in [0.4, 0.5) is 0 Å². The molecule has 0 aromatic heterocycles. The zero-order chi connectivity index (χ0) is 35.6. The minimum atomic E-state index is -0.639. The first-order chi connectivity index (χ1) is 24.4. The molecule has 11 nitrogen and oxygen atoms in total. The van der Waals surface area contributed by atoms with Crippen molar-refractivity contribution < 1.29 is 34.2 Å². The fourth-order valence-corrected chi connectivity index (χ4v) is 4.63. The Kier molecular flexibility index (Phi) is 14.6. The van der Waals surface area contributed by atoms with Crippen LogP contribution in [0.2, 0.25) is 0 Å². The molecule has 4 N–H and O–H groups in total. The van der Waals surface area contributed by atoms with Gasteiger partial charge in [0.25, 0.3) is 5.91 Å². The molecule has 4 aromatic carbocycles. The number of aliphatic hydroxyl groups is 1. The average Bonchev–Trinajstić information content (AvgIpc) is 3.16. The molecule has 0 atom stereocenters. The number of ether oxygens (including phenoxy) is 2. The van der Waals surface area contributed by atoms with E-state index in [0.29, 0.717) is 30.0 Å². The smallest absolute Gasteiger partial charge is 0.274 e. The van der Waals surface area contributed by atoms with E-state index in [1.54, 1.807) is 42.2 Å². The van der Waals surface area contributed by atoms with Gasteiger partial charge in [-0.15, -0.1) is 0 Å². The molecule has 4 rings (SSSR count). The summed E-state index contributed by atoms with van der Waals surface area (Å²) in [6.45, 7) is 4.66. The van der Waals surface area contributed by atoms with Gasteiger partial charge in [0.15, 0.2) is 11.6 Å². The minimum Gasteiger partial charge on any atom is -0.494 e. The highest BCUT2D eigenvalue weighted by Crippen LogP contribution is 2.15. The van der Waals surface area contributed by atoms with Crippen molar-refractivity contribution in [2.45, 2.75) is 25.7 Å². The third-order valence-corrected chi connectivity index (χ3v) is 7.49. The molecule has 1 amide bonds. The summed E-state index contributed by atoms with van der Waals surface area (Å²) >= 11 is 0. The van der Waals surface area contributed by atoms with Crippen molar-refractivity contribution in [1.29, 1.82) is 0 Å². The Hall–Kier alpha value is -5.91. The van der Waals surface area contributed by atoms with Crippen LogP contribution < -0.4 is 20.4 Å². The summed E-state index contributed by atoms with van der Waals surface area (Å²) in [6.07, 6.45) is 7.24. The molecule has 0 spiro atoms. The molecule has 0 saturated carbocycles. The molecule has 0 saturated heterocycles. The van der Waals surface area contributed by atoms with Crippen LogP contribution in [0, 0.1) is 0 Å². The summed E-state index contributed by atoms with van der Waals surface area (Å²) in [5.41, 5.74) is 8.69. The lowest BCUT2D eigenvalue weighted by molar-refractivity contribution is 0.0706. The molecule has 0 aliphatic carbocycles. The number of benzene rings is 4. The van der Waals surface area contributed by atoms with E-state index in [1.165, 1.54) is 24.3 Å². The first-order valence-corrected chi connectivity index (χ1v) is 16.1. The molecule has 50 heavy (non-hydrogen) atoms. The van der Waals surface area contributed by atoms with E-state index < -0.39 is 12.5 Å². The summed E-state index contributed by atoms with van der Waals surface area (Å²) in [6, 6.07) is 27.9. The molecule has 4 aromatic rings. The van der Waals surface area contributed by atoms with Crippen molar-refractivity contribution in [3.63, 3.8) is 0 Å². The summed E-state index contributed by atoms with van der Waals surface area (Å²) in [5, 5.41) is 21.9. The van der Waals surface area contributed by atoms with Crippen molar-refractivity contribution in [3.8, 4) is 11.5 Å². The number of carbonyl (C=O) groups is 3. The van der Waals surface area contributed by atoms with Gasteiger partial charge in [0.1, 0.15) is 24.7 Å². The molecule has 0 aliphatic heterocycles.